The van der Waals surface area contributed by atoms with E-state index < -0.39 is 11.7 Å². The molecule has 27 heavy (non-hydrogen) atoms. The Hall–Kier alpha value is -3.16. The van der Waals surface area contributed by atoms with Gasteiger partial charge in [0.25, 0.3) is 0 Å². The standard InChI is InChI=1S/C19H16F4N4/c1-12-9-17(26-15-7-4-6-14(10-15)19(21,22)23)27-18(25-12)24-11-13-5-2-3-8-16(13)20/h2-10H,11H2,1H3,(H2,24,25,26,27). The number of rotatable bonds is 5. The summed E-state index contributed by atoms with van der Waals surface area (Å²) < 4.78 is 52.2. The Labute approximate surface area is 153 Å². The van der Waals surface area contributed by atoms with Gasteiger partial charge < -0.3 is 10.6 Å². The van der Waals surface area contributed by atoms with Gasteiger partial charge >= 0.3 is 6.18 Å². The van der Waals surface area contributed by atoms with Crippen molar-refractivity contribution >= 4 is 17.5 Å². The van der Waals surface area contributed by atoms with Crippen LogP contribution in [0.2, 0.25) is 0 Å². The van der Waals surface area contributed by atoms with Crippen LogP contribution in [0.25, 0.3) is 0 Å². The van der Waals surface area contributed by atoms with Crippen LogP contribution in [0.5, 0.6) is 0 Å². The van der Waals surface area contributed by atoms with Gasteiger partial charge in [-0.3, -0.25) is 0 Å². The molecule has 0 amide bonds. The third-order valence-corrected chi connectivity index (χ3v) is 3.71. The molecule has 0 aliphatic carbocycles. The molecule has 2 aromatic carbocycles. The van der Waals surface area contributed by atoms with Crippen LogP contribution in [-0.2, 0) is 12.7 Å². The summed E-state index contributed by atoms with van der Waals surface area (Å²) in [5, 5.41) is 5.76. The maximum atomic E-state index is 13.7. The first-order valence-electron chi connectivity index (χ1n) is 8.08. The first-order chi connectivity index (χ1) is 12.8. The molecule has 0 bridgehead atoms. The van der Waals surface area contributed by atoms with Crippen molar-refractivity contribution in [2.75, 3.05) is 10.6 Å². The van der Waals surface area contributed by atoms with Gasteiger partial charge in [0, 0.05) is 29.6 Å². The second-order valence-electron chi connectivity index (χ2n) is 5.87. The van der Waals surface area contributed by atoms with Crippen molar-refractivity contribution in [3.63, 3.8) is 0 Å². The highest BCUT2D eigenvalue weighted by molar-refractivity contribution is 5.58. The number of aryl methyl sites for hydroxylation is 1. The molecule has 0 spiro atoms. The summed E-state index contributed by atoms with van der Waals surface area (Å²) in [4.78, 5) is 8.44. The summed E-state index contributed by atoms with van der Waals surface area (Å²) in [5.74, 6) is 0.227. The predicted molar refractivity (Wildman–Crippen MR) is 95.2 cm³/mol. The van der Waals surface area contributed by atoms with E-state index in [-0.39, 0.29) is 24.0 Å². The molecular formula is C19H16F4N4. The fourth-order valence-electron chi connectivity index (χ4n) is 2.45. The number of aromatic nitrogens is 2. The monoisotopic (exact) mass is 376 g/mol. The van der Waals surface area contributed by atoms with E-state index >= 15 is 0 Å². The van der Waals surface area contributed by atoms with Gasteiger partial charge in [-0.05, 0) is 31.2 Å². The van der Waals surface area contributed by atoms with Crippen LogP contribution in [-0.4, -0.2) is 9.97 Å². The molecule has 1 aromatic heterocycles. The minimum Gasteiger partial charge on any atom is -0.350 e. The van der Waals surface area contributed by atoms with E-state index in [1.165, 1.54) is 18.2 Å². The van der Waals surface area contributed by atoms with Crippen molar-refractivity contribution in [3.05, 3.63) is 77.2 Å². The molecule has 3 aromatic rings. The third kappa shape index (κ3) is 4.93. The number of hydrogen-bond donors (Lipinski definition) is 2. The van der Waals surface area contributed by atoms with Crippen LogP contribution in [0.4, 0.5) is 35.0 Å². The topological polar surface area (TPSA) is 49.8 Å². The lowest BCUT2D eigenvalue weighted by Gasteiger charge is -2.12. The lowest BCUT2D eigenvalue weighted by atomic mass is 10.2. The van der Waals surface area contributed by atoms with Crippen molar-refractivity contribution in [3.8, 4) is 0 Å². The Bertz CT molecular complexity index is 941. The molecule has 1 heterocycles. The minimum atomic E-state index is -4.42. The highest BCUT2D eigenvalue weighted by Gasteiger charge is 2.30. The van der Waals surface area contributed by atoms with Crippen LogP contribution in [0.3, 0.4) is 0 Å². The quantitative estimate of drug-likeness (QED) is 0.594. The number of benzene rings is 2. The van der Waals surface area contributed by atoms with E-state index in [0.29, 0.717) is 17.1 Å². The number of halogens is 4. The lowest BCUT2D eigenvalue weighted by Crippen LogP contribution is -2.08. The van der Waals surface area contributed by atoms with Crippen LogP contribution >= 0.6 is 0 Å². The zero-order valence-electron chi connectivity index (χ0n) is 14.3. The fourth-order valence-corrected chi connectivity index (χ4v) is 2.45. The fraction of sp³-hybridized carbons (Fsp3) is 0.158. The minimum absolute atomic E-state index is 0.180. The molecule has 140 valence electrons. The highest BCUT2D eigenvalue weighted by Crippen LogP contribution is 2.31. The smallest absolute Gasteiger partial charge is 0.350 e. The number of hydrogen-bond acceptors (Lipinski definition) is 4. The van der Waals surface area contributed by atoms with Gasteiger partial charge in [0.05, 0.1) is 5.56 Å². The number of nitrogens with one attached hydrogen (secondary N) is 2. The Morgan fingerprint density at radius 3 is 2.48 bits per heavy atom. The van der Waals surface area contributed by atoms with Gasteiger partial charge in [-0.25, -0.2) is 9.37 Å². The molecule has 0 aliphatic rings. The Kier molecular flexibility index (Phi) is 5.25. The van der Waals surface area contributed by atoms with Crippen molar-refractivity contribution < 1.29 is 17.6 Å². The van der Waals surface area contributed by atoms with E-state index in [2.05, 4.69) is 20.6 Å². The second-order valence-corrected chi connectivity index (χ2v) is 5.87. The number of anilines is 3. The molecule has 2 N–H and O–H groups in total. The molecule has 0 radical (unpaired) electrons. The molecule has 0 atom stereocenters. The van der Waals surface area contributed by atoms with Gasteiger partial charge in [-0.15, -0.1) is 0 Å². The molecule has 0 saturated carbocycles. The van der Waals surface area contributed by atoms with Crippen LogP contribution < -0.4 is 10.6 Å². The van der Waals surface area contributed by atoms with E-state index in [1.54, 1.807) is 31.2 Å². The molecule has 8 heteroatoms. The number of alkyl halides is 3. The van der Waals surface area contributed by atoms with E-state index in [4.69, 9.17) is 0 Å². The SMILES string of the molecule is Cc1cc(Nc2cccc(C(F)(F)F)c2)nc(NCc2ccccc2F)n1. The molecule has 4 nitrogen and oxygen atoms in total. The van der Waals surface area contributed by atoms with E-state index in [0.717, 1.165) is 12.1 Å². The van der Waals surface area contributed by atoms with Crippen molar-refractivity contribution in [1.82, 2.24) is 9.97 Å². The van der Waals surface area contributed by atoms with Gasteiger partial charge in [-0.2, -0.15) is 18.2 Å². The Morgan fingerprint density at radius 1 is 0.963 bits per heavy atom. The normalized spacial score (nSPS) is 11.3. The molecule has 0 fully saturated rings. The van der Waals surface area contributed by atoms with Gasteiger partial charge in [-0.1, -0.05) is 24.3 Å². The second kappa shape index (κ2) is 7.61. The molecular weight excluding hydrogens is 360 g/mol. The number of nitrogens with zero attached hydrogens (tertiary/aromatic N) is 2. The largest absolute Gasteiger partial charge is 0.416 e. The van der Waals surface area contributed by atoms with Crippen molar-refractivity contribution in [2.45, 2.75) is 19.6 Å². The van der Waals surface area contributed by atoms with E-state index in [1.807, 2.05) is 0 Å². The summed E-state index contributed by atoms with van der Waals surface area (Å²) >= 11 is 0. The zero-order chi connectivity index (χ0) is 19.4. The molecule has 0 saturated heterocycles. The first-order valence-corrected chi connectivity index (χ1v) is 8.08. The summed E-state index contributed by atoms with van der Waals surface area (Å²) in [6, 6.07) is 12.7. The summed E-state index contributed by atoms with van der Waals surface area (Å²) in [7, 11) is 0. The molecule has 0 unspecified atom stereocenters. The summed E-state index contributed by atoms with van der Waals surface area (Å²) in [5.41, 5.74) is 0.560. The van der Waals surface area contributed by atoms with Gasteiger partial charge in [0.1, 0.15) is 11.6 Å². The Balaban J connectivity index is 1.77. The third-order valence-electron chi connectivity index (χ3n) is 3.71. The van der Waals surface area contributed by atoms with E-state index in [9.17, 15) is 17.6 Å². The highest BCUT2D eigenvalue weighted by atomic mass is 19.4. The maximum Gasteiger partial charge on any atom is 0.416 e. The predicted octanol–water partition coefficient (Wildman–Crippen LogP) is 5.30. The summed E-state index contributed by atoms with van der Waals surface area (Å²) in [6.07, 6.45) is -4.42. The van der Waals surface area contributed by atoms with Crippen molar-refractivity contribution in [2.24, 2.45) is 0 Å². The maximum absolute atomic E-state index is 13.7. The average Bonchev–Trinajstić information content (AvgIpc) is 2.60. The zero-order valence-corrected chi connectivity index (χ0v) is 14.3. The summed E-state index contributed by atoms with van der Waals surface area (Å²) in [6.45, 7) is 1.91. The first kappa shape index (κ1) is 18.6. The van der Waals surface area contributed by atoms with Gasteiger partial charge in [0.15, 0.2) is 0 Å². The molecule has 0 aliphatic heterocycles. The van der Waals surface area contributed by atoms with Crippen LogP contribution in [0.1, 0.15) is 16.8 Å². The van der Waals surface area contributed by atoms with Crippen molar-refractivity contribution in [1.29, 1.82) is 0 Å². The lowest BCUT2D eigenvalue weighted by molar-refractivity contribution is -0.137. The molecule has 3 rings (SSSR count). The van der Waals surface area contributed by atoms with Crippen LogP contribution in [0, 0.1) is 12.7 Å². The average molecular weight is 376 g/mol. The Morgan fingerprint density at radius 2 is 1.74 bits per heavy atom. The van der Waals surface area contributed by atoms with Crippen LogP contribution in [0.15, 0.2) is 54.6 Å². The van der Waals surface area contributed by atoms with Gasteiger partial charge in [0.2, 0.25) is 5.95 Å².